The zero-order valence-electron chi connectivity index (χ0n) is 20.1. The van der Waals surface area contributed by atoms with Gasteiger partial charge in [-0.2, -0.15) is 0 Å². The molecule has 0 aliphatic rings. The van der Waals surface area contributed by atoms with Crippen LogP contribution in [-0.4, -0.2) is 22.0 Å². The molecule has 8 nitrogen and oxygen atoms in total. The summed E-state index contributed by atoms with van der Waals surface area (Å²) in [5.74, 6) is -0.207. The first kappa shape index (κ1) is 24.8. The van der Waals surface area contributed by atoms with Crippen molar-refractivity contribution < 1.29 is 4.79 Å². The summed E-state index contributed by atoms with van der Waals surface area (Å²) in [5, 5.41) is 3.01. The molecule has 34 heavy (non-hydrogen) atoms. The molecule has 0 bridgehead atoms. The summed E-state index contributed by atoms with van der Waals surface area (Å²) in [7, 11) is 0. The Hall–Kier alpha value is -3.81. The molecule has 0 atom stereocenters. The molecular weight excluding hydrogens is 430 g/mol. The Bertz CT molecular complexity index is 1250. The van der Waals surface area contributed by atoms with Gasteiger partial charge in [-0.1, -0.05) is 68.8 Å². The van der Waals surface area contributed by atoms with E-state index in [0.29, 0.717) is 6.54 Å². The van der Waals surface area contributed by atoms with Crippen LogP contribution in [0.25, 0.3) is 0 Å². The summed E-state index contributed by atoms with van der Waals surface area (Å²) in [5.41, 5.74) is 9.01. The number of nitrogens with zero attached hydrogens (tertiary/aromatic N) is 2. The van der Waals surface area contributed by atoms with Crippen molar-refractivity contribution in [2.75, 3.05) is 22.5 Å². The molecule has 1 heterocycles. The minimum Gasteiger partial charge on any atom is -0.383 e. The van der Waals surface area contributed by atoms with Crippen LogP contribution in [0, 0.1) is 6.92 Å². The molecule has 1 amide bonds. The van der Waals surface area contributed by atoms with Gasteiger partial charge in [0, 0.05) is 18.8 Å². The number of H-pyrrole nitrogens is 1. The molecule has 3 aromatic rings. The van der Waals surface area contributed by atoms with E-state index in [1.807, 2.05) is 69.3 Å². The van der Waals surface area contributed by atoms with Crippen LogP contribution in [0.2, 0.25) is 0 Å². The van der Waals surface area contributed by atoms with Crippen LogP contribution in [0.4, 0.5) is 17.2 Å². The molecule has 2 aromatic carbocycles. The summed E-state index contributed by atoms with van der Waals surface area (Å²) < 4.78 is 1.37. The van der Waals surface area contributed by atoms with Gasteiger partial charge in [-0.15, -0.1) is 0 Å². The van der Waals surface area contributed by atoms with Crippen molar-refractivity contribution in [3.63, 3.8) is 0 Å². The number of hydrogen-bond acceptors (Lipinski definition) is 5. The van der Waals surface area contributed by atoms with Crippen molar-refractivity contribution in [2.45, 2.75) is 53.1 Å². The standard InChI is InChI=1S/C26H33N5O3/c1-4-6-15-31-24(27)23(25(33)29-26(31)34)30(16-19-12-8-7-9-13-19)17-21(32)28-22-18(3)11-10-14-20(22)5-2/h7-14H,4-6,15-17,27H2,1-3H3,(H,28,32)(H,29,33,34). The molecule has 180 valence electrons. The summed E-state index contributed by atoms with van der Waals surface area (Å²) in [6.45, 7) is 6.55. The van der Waals surface area contributed by atoms with E-state index in [9.17, 15) is 14.4 Å². The second-order valence-corrected chi connectivity index (χ2v) is 8.35. The van der Waals surface area contributed by atoms with Crippen molar-refractivity contribution in [3.05, 3.63) is 86.1 Å². The summed E-state index contributed by atoms with van der Waals surface area (Å²) >= 11 is 0. The van der Waals surface area contributed by atoms with Crippen molar-refractivity contribution in [1.29, 1.82) is 0 Å². The monoisotopic (exact) mass is 463 g/mol. The molecule has 0 aliphatic carbocycles. The molecule has 0 aliphatic heterocycles. The average Bonchev–Trinajstić information content (AvgIpc) is 2.80. The lowest BCUT2D eigenvalue weighted by atomic mass is 10.1. The normalized spacial score (nSPS) is 10.8. The van der Waals surface area contributed by atoms with Gasteiger partial charge in [0.15, 0.2) is 0 Å². The first-order chi connectivity index (χ1) is 16.3. The molecule has 1 aromatic heterocycles. The lowest BCUT2D eigenvalue weighted by molar-refractivity contribution is -0.115. The zero-order valence-corrected chi connectivity index (χ0v) is 20.1. The SMILES string of the molecule is CCCCn1c(N)c(N(CC(=O)Nc2c(C)cccc2CC)Cc2ccccc2)c(=O)[nH]c1=O. The van der Waals surface area contributed by atoms with Crippen LogP contribution < -0.4 is 27.2 Å². The zero-order chi connectivity index (χ0) is 24.7. The van der Waals surface area contributed by atoms with Crippen molar-refractivity contribution in [1.82, 2.24) is 9.55 Å². The Morgan fingerprint density at radius 1 is 1.09 bits per heavy atom. The number of benzene rings is 2. The molecule has 0 fully saturated rings. The number of nitrogens with one attached hydrogen (secondary N) is 2. The van der Waals surface area contributed by atoms with Gasteiger partial charge in [0.05, 0.1) is 6.54 Å². The van der Waals surface area contributed by atoms with Crippen molar-refractivity contribution in [2.24, 2.45) is 0 Å². The van der Waals surface area contributed by atoms with Gasteiger partial charge in [0.2, 0.25) is 5.91 Å². The quantitative estimate of drug-likeness (QED) is 0.426. The Morgan fingerprint density at radius 2 is 1.82 bits per heavy atom. The van der Waals surface area contributed by atoms with Crippen molar-refractivity contribution in [3.8, 4) is 0 Å². The van der Waals surface area contributed by atoms with E-state index in [4.69, 9.17) is 5.73 Å². The third-order valence-corrected chi connectivity index (χ3v) is 5.82. The third kappa shape index (κ3) is 5.75. The number of aryl methyl sites for hydroxylation is 2. The maximum Gasteiger partial charge on any atom is 0.330 e. The highest BCUT2D eigenvalue weighted by atomic mass is 16.2. The predicted molar refractivity (Wildman–Crippen MR) is 137 cm³/mol. The molecular formula is C26H33N5O3. The maximum absolute atomic E-state index is 13.2. The van der Waals surface area contributed by atoms with Crippen LogP contribution in [0.3, 0.4) is 0 Å². The number of carbonyl (C=O) groups excluding carboxylic acids is 1. The molecule has 3 rings (SSSR count). The Labute approximate surface area is 199 Å². The first-order valence-corrected chi connectivity index (χ1v) is 11.7. The number of para-hydroxylation sites is 1. The lowest BCUT2D eigenvalue weighted by Crippen LogP contribution is -2.41. The highest BCUT2D eigenvalue weighted by molar-refractivity contribution is 5.95. The van der Waals surface area contributed by atoms with Crippen LogP contribution in [0.1, 0.15) is 43.4 Å². The van der Waals surface area contributed by atoms with E-state index in [1.54, 1.807) is 4.90 Å². The molecule has 0 saturated heterocycles. The number of hydrogen-bond donors (Lipinski definition) is 3. The number of aromatic nitrogens is 2. The Balaban J connectivity index is 2.00. The highest BCUT2D eigenvalue weighted by Gasteiger charge is 2.22. The number of amides is 1. The number of rotatable bonds is 10. The fraction of sp³-hybridized carbons (Fsp3) is 0.346. The number of aromatic amines is 1. The molecule has 4 N–H and O–H groups in total. The van der Waals surface area contributed by atoms with Gasteiger partial charge in [-0.25, -0.2) is 4.79 Å². The van der Waals surface area contributed by atoms with Crippen LogP contribution in [0.15, 0.2) is 58.1 Å². The van der Waals surface area contributed by atoms with Gasteiger partial charge < -0.3 is 16.0 Å². The van der Waals surface area contributed by atoms with Crippen LogP contribution >= 0.6 is 0 Å². The third-order valence-electron chi connectivity index (χ3n) is 5.82. The largest absolute Gasteiger partial charge is 0.383 e. The molecule has 0 saturated carbocycles. The fourth-order valence-corrected chi connectivity index (χ4v) is 3.99. The van der Waals surface area contributed by atoms with Gasteiger partial charge in [-0.05, 0) is 36.5 Å². The van der Waals surface area contributed by atoms with E-state index in [0.717, 1.165) is 41.6 Å². The van der Waals surface area contributed by atoms with Gasteiger partial charge in [0.1, 0.15) is 11.5 Å². The molecule has 0 unspecified atom stereocenters. The minimum atomic E-state index is -0.607. The first-order valence-electron chi connectivity index (χ1n) is 11.7. The highest BCUT2D eigenvalue weighted by Crippen LogP contribution is 2.23. The Morgan fingerprint density at radius 3 is 2.50 bits per heavy atom. The van der Waals surface area contributed by atoms with Gasteiger partial charge >= 0.3 is 5.69 Å². The summed E-state index contributed by atoms with van der Waals surface area (Å²) in [6, 6.07) is 15.4. The topological polar surface area (TPSA) is 113 Å². The number of carbonyl (C=O) groups is 1. The second kappa shape index (κ2) is 11.4. The van der Waals surface area contributed by atoms with E-state index < -0.39 is 11.2 Å². The number of unbranched alkanes of at least 4 members (excludes halogenated alkanes) is 1. The summed E-state index contributed by atoms with van der Waals surface area (Å²) in [4.78, 5) is 42.5. The molecule has 0 spiro atoms. The van der Waals surface area contributed by atoms with E-state index in [2.05, 4.69) is 10.3 Å². The smallest absolute Gasteiger partial charge is 0.330 e. The number of nitrogen functional groups attached to an aromatic ring is 1. The van der Waals surface area contributed by atoms with E-state index in [-0.39, 0.29) is 30.5 Å². The van der Waals surface area contributed by atoms with Gasteiger partial charge in [-0.3, -0.25) is 19.1 Å². The van der Waals surface area contributed by atoms with Crippen LogP contribution in [-0.2, 0) is 24.3 Å². The maximum atomic E-state index is 13.2. The number of nitrogens with two attached hydrogens (primary N) is 1. The van der Waals surface area contributed by atoms with Crippen molar-refractivity contribution >= 4 is 23.1 Å². The summed E-state index contributed by atoms with van der Waals surface area (Å²) in [6.07, 6.45) is 2.38. The second-order valence-electron chi connectivity index (χ2n) is 8.35. The average molecular weight is 464 g/mol. The molecule has 8 heteroatoms. The van der Waals surface area contributed by atoms with E-state index in [1.165, 1.54) is 4.57 Å². The lowest BCUT2D eigenvalue weighted by Gasteiger charge is -2.26. The number of anilines is 3. The minimum absolute atomic E-state index is 0.0658. The molecule has 0 radical (unpaired) electrons. The van der Waals surface area contributed by atoms with E-state index >= 15 is 0 Å². The Kier molecular flexibility index (Phi) is 8.29. The fourth-order valence-electron chi connectivity index (χ4n) is 3.99. The van der Waals surface area contributed by atoms with Crippen LogP contribution in [0.5, 0.6) is 0 Å². The van der Waals surface area contributed by atoms with Gasteiger partial charge in [0.25, 0.3) is 5.56 Å². The predicted octanol–water partition coefficient (Wildman–Crippen LogP) is 3.44.